The number of nitrogens with one attached hydrogen (secondary N) is 1. The van der Waals surface area contributed by atoms with E-state index < -0.39 is 0 Å². The molecule has 0 radical (unpaired) electrons. The lowest BCUT2D eigenvalue weighted by Crippen LogP contribution is -2.50. The highest BCUT2D eigenvalue weighted by atomic mass is 32.1. The number of thiophene rings is 2. The predicted octanol–water partition coefficient (Wildman–Crippen LogP) is 3.23. The van der Waals surface area contributed by atoms with E-state index >= 15 is 0 Å². The van der Waals surface area contributed by atoms with Crippen molar-refractivity contribution in [3.05, 3.63) is 42.8 Å². The van der Waals surface area contributed by atoms with Crippen molar-refractivity contribution < 1.29 is 9.59 Å². The molecule has 2 amide bonds. The first-order chi connectivity index (χ1) is 12.9. The Balaban J connectivity index is 1.43. The Bertz CT molecular complexity index is 830. The number of rotatable bonds is 5. The van der Waals surface area contributed by atoms with Gasteiger partial charge in [0.25, 0.3) is 11.8 Å². The lowest BCUT2D eigenvalue weighted by molar-refractivity contribution is 0.0638. The summed E-state index contributed by atoms with van der Waals surface area (Å²) < 4.78 is 0. The van der Waals surface area contributed by atoms with E-state index in [-0.39, 0.29) is 11.8 Å². The zero-order valence-electron chi connectivity index (χ0n) is 16.4. The summed E-state index contributed by atoms with van der Waals surface area (Å²) in [6.45, 7) is 12.7. The van der Waals surface area contributed by atoms with Gasteiger partial charge in [-0.3, -0.25) is 14.5 Å². The molecule has 1 saturated heterocycles. The molecule has 7 heteroatoms. The van der Waals surface area contributed by atoms with Gasteiger partial charge in [0.05, 0.1) is 11.1 Å². The molecule has 1 aliphatic heterocycles. The Labute approximate surface area is 169 Å². The zero-order chi connectivity index (χ0) is 19.6. The number of piperazine rings is 1. The third kappa shape index (κ3) is 4.42. The van der Waals surface area contributed by atoms with Crippen LogP contribution in [0.4, 0.5) is 0 Å². The number of carbonyl (C=O) groups is 2. The SMILES string of the molecule is Cc1scc(C(=O)NCCN2CCN(C(=O)c3csc(C)c3C)CC2)c1C. The highest BCUT2D eigenvalue weighted by molar-refractivity contribution is 7.10. The molecule has 5 nitrogen and oxygen atoms in total. The molecule has 0 spiro atoms. The lowest BCUT2D eigenvalue weighted by Gasteiger charge is -2.34. The first-order valence-corrected chi connectivity index (χ1v) is 11.0. The zero-order valence-corrected chi connectivity index (χ0v) is 18.1. The van der Waals surface area contributed by atoms with Gasteiger partial charge < -0.3 is 10.2 Å². The van der Waals surface area contributed by atoms with Gasteiger partial charge in [-0.15, -0.1) is 22.7 Å². The van der Waals surface area contributed by atoms with E-state index in [4.69, 9.17) is 0 Å². The van der Waals surface area contributed by atoms with Crippen molar-refractivity contribution in [2.45, 2.75) is 27.7 Å². The summed E-state index contributed by atoms with van der Waals surface area (Å²) in [6.07, 6.45) is 0. The molecule has 3 heterocycles. The van der Waals surface area contributed by atoms with E-state index in [1.165, 1.54) is 9.75 Å². The van der Waals surface area contributed by atoms with Gasteiger partial charge in [0.15, 0.2) is 0 Å². The molecule has 0 unspecified atom stereocenters. The van der Waals surface area contributed by atoms with Gasteiger partial charge in [0.2, 0.25) is 0 Å². The molecule has 0 bridgehead atoms. The van der Waals surface area contributed by atoms with E-state index in [2.05, 4.69) is 17.1 Å². The average Bonchev–Trinajstić information content (AvgIpc) is 3.17. The van der Waals surface area contributed by atoms with Crippen LogP contribution in [0, 0.1) is 27.7 Å². The Morgan fingerprint density at radius 3 is 2.00 bits per heavy atom. The highest BCUT2D eigenvalue weighted by Gasteiger charge is 2.24. The topological polar surface area (TPSA) is 52.7 Å². The van der Waals surface area contributed by atoms with E-state index in [1.807, 2.05) is 36.4 Å². The van der Waals surface area contributed by atoms with Gasteiger partial charge in [0.1, 0.15) is 0 Å². The van der Waals surface area contributed by atoms with Crippen LogP contribution in [-0.4, -0.2) is 60.9 Å². The smallest absolute Gasteiger partial charge is 0.255 e. The summed E-state index contributed by atoms with van der Waals surface area (Å²) in [5.74, 6) is 0.155. The van der Waals surface area contributed by atoms with Crippen LogP contribution < -0.4 is 5.32 Å². The molecular weight excluding hydrogens is 378 g/mol. The molecule has 27 heavy (non-hydrogen) atoms. The van der Waals surface area contributed by atoms with Crippen molar-refractivity contribution in [3.8, 4) is 0 Å². The first-order valence-electron chi connectivity index (χ1n) is 9.27. The maximum Gasteiger partial charge on any atom is 0.255 e. The monoisotopic (exact) mass is 405 g/mol. The van der Waals surface area contributed by atoms with Crippen LogP contribution in [0.5, 0.6) is 0 Å². The maximum atomic E-state index is 12.7. The molecule has 1 fully saturated rings. The highest BCUT2D eigenvalue weighted by Crippen LogP contribution is 2.22. The summed E-state index contributed by atoms with van der Waals surface area (Å²) >= 11 is 3.26. The van der Waals surface area contributed by atoms with Crippen molar-refractivity contribution in [3.63, 3.8) is 0 Å². The fraction of sp³-hybridized carbons (Fsp3) is 0.500. The lowest BCUT2D eigenvalue weighted by atomic mass is 10.1. The summed E-state index contributed by atoms with van der Waals surface area (Å²) in [5.41, 5.74) is 3.81. The summed E-state index contributed by atoms with van der Waals surface area (Å²) in [5, 5.41) is 6.92. The molecule has 0 aliphatic carbocycles. The molecule has 146 valence electrons. The maximum absolute atomic E-state index is 12.7. The average molecular weight is 406 g/mol. The van der Waals surface area contributed by atoms with Gasteiger partial charge >= 0.3 is 0 Å². The molecule has 0 saturated carbocycles. The van der Waals surface area contributed by atoms with Crippen molar-refractivity contribution >= 4 is 34.5 Å². The summed E-state index contributed by atoms with van der Waals surface area (Å²) in [4.78, 5) is 31.6. The Morgan fingerprint density at radius 2 is 1.48 bits per heavy atom. The second kappa shape index (κ2) is 8.54. The summed E-state index contributed by atoms with van der Waals surface area (Å²) in [7, 11) is 0. The minimum atomic E-state index is 0.00830. The standard InChI is InChI=1S/C20H27N3O2S2/c1-13-15(3)26-11-17(13)19(24)21-5-6-22-7-9-23(10-8-22)20(25)18-12-27-16(4)14(18)2/h11-12H,5-10H2,1-4H3,(H,21,24). The molecule has 2 aromatic heterocycles. The third-order valence-corrected chi connectivity index (χ3v) is 7.45. The number of amides is 2. The minimum absolute atomic E-state index is 0.00830. The fourth-order valence-corrected chi connectivity index (χ4v) is 4.95. The van der Waals surface area contributed by atoms with Crippen LogP contribution in [0.1, 0.15) is 41.6 Å². The van der Waals surface area contributed by atoms with Crippen molar-refractivity contribution in [2.24, 2.45) is 0 Å². The second-order valence-corrected chi connectivity index (χ2v) is 9.22. The molecule has 0 aromatic carbocycles. The Hall–Kier alpha value is -1.70. The van der Waals surface area contributed by atoms with E-state index in [9.17, 15) is 9.59 Å². The molecular formula is C20H27N3O2S2. The number of nitrogens with zero attached hydrogens (tertiary/aromatic N) is 2. The van der Waals surface area contributed by atoms with Gasteiger partial charge in [-0.2, -0.15) is 0 Å². The second-order valence-electron chi connectivity index (χ2n) is 7.05. The van der Waals surface area contributed by atoms with Crippen LogP contribution in [0.25, 0.3) is 0 Å². The fourth-order valence-electron chi connectivity index (χ4n) is 3.23. The number of carbonyl (C=O) groups excluding carboxylic acids is 2. The Kier molecular flexibility index (Phi) is 6.34. The van der Waals surface area contributed by atoms with Crippen LogP contribution >= 0.6 is 22.7 Å². The van der Waals surface area contributed by atoms with Gasteiger partial charge in [-0.05, 0) is 38.8 Å². The van der Waals surface area contributed by atoms with E-state index in [0.717, 1.165) is 55.0 Å². The van der Waals surface area contributed by atoms with Crippen LogP contribution in [0.2, 0.25) is 0 Å². The van der Waals surface area contributed by atoms with Gasteiger partial charge in [-0.25, -0.2) is 0 Å². The van der Waals surface area contributed by atoms with Crippen molar-refractivity contribution in [2.75, 3.05) is 39.3 Å². The molecule has 3 rings (SSSR count). The van der Waals surface area contributed by atoms with Crippen molar-refractivity contribution in [1.82, 2.24) is 15.1 Å². The minimum Gasteiger partial charge on any atom is -0.351 e. The number of hydrogen-bond acceptors (Lipinski definition) is 5. The summed E-state index contributed by atoms with van der Waals surface area (Å²) in [6, 6.07) is 0. The van der Waals surface area contributed by atoms with E-state index in [0.29, 0.717) is 6.54 Å². The van der Waals surface area contributed by atoms with Gasteiger partial charge in [0, 0.05) is 59.8 Å². The van der Waals surface area contributed by atoms with Crippen LogP contribution in [0.15, 0.2) is 10.8 Å². The Morgan fingerprint density at radius 1 is 0.926 bits per heavy atom. The van der Waals surface area contributed by atoms with Crippen LogP contribution in [-0.2, 0) is 0 Å². The van der Waals surface area contributed by atoms with Crippen LogP contribution in [0.3, 0.4) is 0 Å². The quantitative estimate of drug-likeness (QED) is 0.831. The van der Waals surface area contributed by atoms with E-state index in [1.54, 1.807) is 22.7 Å². The molecule has 1 aliphatic rings. The van der Waals surface area contributed by atoms with Gasteiger partial charge in [-0.1, -0.05) is 0 Å². The third-order valence-electron chi connectivity index (χ3n) is 5.42. The number of hydrogen-bond donors (Lipinski definition) is 1. The predicted molar refractivity (Wildman–Crippen MR) is 112 cm³/mol. The van der Waals surface area contributed by atoms with Crippen molar-refractivity contribution in [1.29, 1.82) is 0 Å². The largest absolute Gasteiger partial charge is 0.351 e. The normalized spacial score (nSPS) is 15.2. The molecule has 1 N–H and O–H groups in total. The number of aryl methyl sites for hydroxylation is 2. The first kappa shape index (κ1) is 20.0. The molecule has 2 aromatic rings. The molecule has 0 atom stereocenters.